The Kier molecular flexibility index (Phi) is 3.08. The second-order valence-corrected chi connectivity index (χ2v) is 4.28. The standard InChI is InChI=1S/C11H12INO/c1-14-7-6-13-10-5-3-2-4-9(10)8-11(13)12/h2-5,8H,6-7H2,1H3. The Labute approximate surface area is 97.0 Å². The lowest BCUT2D eigenvalue weighted by atomic mass is 10.2. The van der Waals surface area contributed by atoms with Crippen molar-refractivity contribution in [3.05, 3.63) is 34.0 Å². The van der Waals surface area contributed by atoms with Crippen LogP contribution in [0.2, 0.25) is 0 Å². The third-order valence-corrected chi connectivity index (χ3v) is 3.17. The van der Waals surface area contributed by atoms with Crippen molar-refractivity contribution in [3.8, 4) is 0 Å². The molecule has 0 saturated heterocycles. The summed E-state index contributed by atoms with van der Waals surface area (Å²) < 4.78 is 8.64. The molecule has 2 rings (SSSR count). The summed E-state index contributed by atoms with van der Waals surface area (Å²) >= 11 is 2.36. The van der Waals surface area contributed by atoms with Crippen LogP contribution in [0, 0.1) is 3.70 Å². The molecule has 1 heterocycles. The number of benzene rings is 1. The zero-order valence-electron chi connectivity index (χ0n) is 8.03. The Morgan fingerprint density at radius 3 is 2.93 bits per heavy atom. The highest BCUT2D eigenvalue weighted by Gasteiger charge is 2.04. The Morgan fingerprint density at radius 2 is 2.14 bits per heavy atom. The predicted octanol–water partition coefficient (Wildman–Crippen LogP) is 2.89. The van der Waals surface area contributed by atoms with E-state index in [1.165, 1.54) is 14.6 Å². The van der Waals surface area contributed by atoms with Crippen LogP contribution in [0.15, 0.2) is 30.3 Å². The highest BCUT2D eigenvalue weighted by atomic mass is 127. The molecule has 0 saturated carbocycles. The van der Waals surface area contributed by atoms with E-state index in [9.17, 15) is 0 Å². The molecule has 0 aliphatic heterocycles. The quantitative estimate of drug-likeness (QED) is 0.795. The summed E-state index contributed by atoms with van der Waals surface area (Å²) in [5, 5.41) is 1.30. The molecule has 0 atom stereocenters. The third-order valence-electron chi connectivity index (χ3n) is 2.28. The fourth-order valence-corrected chi connectivity index (χ4v) is 2.42. The SMILES string of the molecule is COCCn1c(I)cc2ccccc21. The Bertz CT molecular complexity index is 436. The number of para-hydroxylation sites is 1. The normalized spacial score (nSPS) is 11.0. The van der Waals surface area contributed by atoms with E-state index in [2.05, 4.69) is 57.5 Å². The predicted molar refractivity (Wildman–Crippen MR) is 66.5 cm³/mol. The number of methoxy groups -OCH3 is 1. The molecule has 0 radical (unpaired) electrons. The summed E-state index contributed by atoms with van der Waals surface area (Å²) in [6.07, 6.45) is 0. The molecule has 0 fully saturated rings. The highest BCUT2D eigenvalue weighted by Crippen LogP contribution is 2.20. The van der Waals surface area contributed by atoms with Crippen LogP contribution < -0.4 is 0 Å². The van der Waals surface area contributed by atoms with Crippen molar-refractivity contribution in [1.82, 2.24) is 4.57 Å². The molecule has 0 bridgehead atoms. The van der Waals surface area contributed by atoms with Crippen LogP contribution in [0.25, 0.3) is 10.9 Å². The Balaban J connectivity index is 2.45. The molecule has 0 unspecified atom stereocenters. The zero-order valence-corrected chi connectivity index (χ0v) is 10.2. The minimum atomic E-state index is 0.759. The van der Waals surface area contributed by atoms with Crippen LogP contribution in [0.1, 0.15) is 0 Å². The average Bonchev–Trinajstić information content (AvgIpc) is 2.51. The largest absolute Gasteiger partial charge is 0.383 e. The van der Waals surface area contributed by atoms with Crippen LogP contribution in [0.3, 0.4) is 0 Å². The lowest BCUT2D eigenvalue weighted by Crippen LogP contribution is -2.05. The summed E-state index contributed by atoms with van der Waals surface area (Å²) in [5.41, 5.74) is 1.29. The smallest absolute Gasteiger partial charge is 0.0810 e. The molecule has 1 aromatic heterocycles. The van der Waals surface area contributed by atoms with Gasteiger partial charge in [-0.1, -0.05) is 18.2 Å². The van der Waals surface area contributed by atoms with Gasteiger partial charge in [-0.25, -0.2) is 0 Å². The average molecular weight is 301 g/mol. The van der Waals surface area contributed by atoms with E-state index in [-0.39, 0.29) is 0 Å². The summed E-state index contributed by atoms with van der Waals surface area (Å²) in [4.78, 5) is 0. The summed E-state index contributed by atoms with van der Waals surface area (Å²) in [5.74, 6) is 0. The number of hydrogen-bond acceptors (Lipinski definition) is 1. The van der Waals surface area contributed by atoms with Gasteiger partial charge in [0.05, 0.1) is 10.3 Å². The van der Waals surface area contributed by atoms with Crippen LogP contribution in [0.4, 0.5) is 0 Å². The number of hydrogen-bond donors (Lipinski definition) is 0. The van der Waals surface area contributed by atoms with E-state index >= 15 is 0 Å². The number of nitrogens with zero attached hydrogens (tertiary/aromatic N) is 1. The first kappa shape index (κ1) is 9.98. The molecule has 0 amide bonds. The monoisotopic (exact) mass is 301 g/mol. The van der Waals surface area contributed by atoms with Crippen LogP contribution in [-0.4, -0.2) is 18.3 Å². The maximum atomic E-state index is 5.09. The van der Waals surface area contributed by atoms with Crippen LogP contribution in [0.5, 0.6) is 0 Å². The van der Waals surface area contributed by atoms with E-state index in [4.69, 9.17) is 4.74 Å². The number of aromatic nitrogens is 1. The number of fused-ring (bicyclic) bond motifs is 1. The van der Waals surface area contributed by atoms with E-state index < -0.39 is 0 Å². The number of halogens is 1. The molecule has 0 aliphatic carbocycles. The van der Waals surface area contributed by atoms with Crippen molar-refractivity contribution in [2.45, 2.75) is 6.54 Å². The molecule has 0 N–H and O–H groups in total. The van der Waals surface area contributed by atoms with Crippen molar-refractivity contribution in [3.63, 3.8) is 0 Å². The van der Waals surface area contributed by atoms with Gasteiger partial charge in [-0.2, -0.15) is 0 Å². The second-order valence-electron chi connectivity index (χ2n) is 3.17. The van der Waals surface area contributed by atoms with Crippen molar-refractivity contribution >= 4 is 33.5 Å². The molecule has 74 valence electrons. The maximum absolute atomic E-state index is 5.09. The fourth-order valence-electron chi connectivity index (χ4n) is 1.59. The Hall–Kier alpha value is -0.550. The van der Waals surface area contributed by atoms with Gasteiger partial charge in [0.2, 0.25) is 0 Å². The van der Waals surface area contributed by atoms with Crippen molar-refractivity contribution < 1.29 is 4.74 Å². The molecule has 1 aromatic carbocycles. The Morgan fingerprint density at radius 1 is 1.36 bits per heavy atom. The van der Waals surface area contributed by atoms with Gasteiger partial charge in [0.1, 0.15) is 0 Å². The number of rotatable bonds is 3. The van der Waals surface area contributed by atoms with Gasteiger partial charge in [-0.05, 0) is 34.7 Å². The van der Waals surface area contributed by atoms with Crippen molar-refractivity contribution in [1.29, 1.82) is 0 Å². The van der Waals surface area contributed by atoms with Gasteiger partial charge < -0.3 is 9.30 Å². The first-order valence-electron chi connectivity index (χ1n) is 4.55. The van der Waals surface area contributed by atoms with Gasteiger partial charge >= 0.3 is 0 Å². The summed E-state index contributed by atoms with van der Waals surface area (Å²) in [6.45, 7) is 1.68. The van der Waals surface area contributed by atoms with Crippen LogP contribution in [-0.2, 0) is 11.3 Å². The van der Waals surface area contributed by atoms with E-state index in [0.29, 0.717) is 0 Å². The molecule has 2 nitrogen and oxygen atoms in total. The van der Waals surface area contributed by atoms with Gasteiger partial charge in [0, 0.05) is 24.6 Å². The molecular formula is C11H12INO. The van der Waals surface area contributed by atoms with E-state index in [0.717, 1.165) is 13.2 Å². The molecule has 0 aliphatic rings. The van der Waals surface area contributed by atoms with E-state index in [1.54, 1.807) is 7.11 Å². The third kappa shape index (κ3) is 1.79. The molecule has 2 aromatic rings. The zero-order chi connectivity index (χ0) is 9.97. The number of ether oxygens (including phenoxy) is 1. The molecule has 14 heavy (non-hydrogen) atoms. The van der Waals surface area contributed by atoms with Crippen LogP contribution >= 0.6 is 22.6 Å². The summed E-state index contributed by atoms with van der Waals surface area (Å²) in [6, 6.07) is 10.6. The van der Waals surface area contributed by atoms with Gasteiger partial charge in [-0.3, -0.25) is 0 Å². The minimum Gasteiger partial charge on any atom is -0.383 e. The van der Waals surface area contributed by atoms with Gasteiger partial charge in [0.15, 0.2) is 0 Å². The maximum Gasteiger partial charge on any atom is 0.0810 e. The highest BCUT2D eigenvalue weighted by molar-refractivity contribution is 14.1. The van der Waals surface area contributed by atoms with Gasteiger partial charge in [0.25, 0.3) is 0 Å². The minimum absolute atomic E-state index is 0.759. The van der Waals surface area contributed by atoms with Gasteiger partial charge in [-0.15, -0.1) is 0 Å². The lowest BCUT2D eigenvalue weighted by molar-refractivity contribution is 0.188. The van der Waals surface area contributed by atoms with Crippen molar-refractivity contribution in [2.24, 2.45) is 0 Å². The molecular weight excluding hydrogens is 289 g/mol. The summed E-state index contributed by atoms with van der Waals surface area (Å²) in [7, 11) is 1.73. The molecule has 0 spiro atoms. The molecule has 3 heteroatoms. The fraction of sp³-hybridized carbons (Fsp3) is 0.273. The topological polar surface area (TPSA) is 14.2 Å². The first-order valence-corrected chi connectivity index (χ1v) is 5.63. The van der Waals surface area contributed by atoms with Crippen molar-refractivity contribution in [2.75, 3.05) is 13.7 Å². The lowest BCUT2D eigenvalue weighted by Gasteiger charge is -2.05. The first-order chi connectivity index (χ1) is 6.83. The van der Waals surface area contributed by atoms with E-state index in [1.807, 2.05) is 0 Å². The second kappa shape index (κ2) is 4.31.